The Morgan fingerprint density at radius 1 is 1.53 bits per heavy atom. The number of nitrogens with one attached hydrogen (secondary N) is 2. The second kappa shape index (κ2) is 5.81. The maximum atomic E-state index is 8.81. The van der Waals surface area contributed by atoms with Crippen LogP contribution in [0.1, 0.15) is 30.5 Å². The number of nitrogens with zero attached hydrogens (tertiary/aromatic N) is 1. The van der Waals surface area contributed by atoms with Gasteiger partial charge < -0.3 is 10.6 Å². The van der Waals surface area contributed by atoms with Crippen LogP contribution in [0.4, 0.5) is 0 Å². The van der Waals surface area contributed by atoms with Crippen LogP contribution in [0.3, 0.4) is 0 Å². The molecule has 1 heterocycles. The van der Waals surface area contributed by atoms with E-state index in [0.29, 0.717) is 6.04 Å². The largest absolute Gasteiger partial charge is 0.313 e. The van der Waals surface area contributed by atoms with Gasteiger partial charge in [0.05, 0.1) is 12.0 Å². The summed E-state index contributed by atoms with van der Waals surface area (Å²) in [4.78, 5) is 0. The molecular weight excluding hydrogens is 210 g/mol. The average molecular weight is 229 g/mol. The van der Waals surface area contributed by atoms with E-state index < -0.39 is 0 Å². The number of rotatable bonds is 3. The fourth-order valence-electron chi connectivity index (χ4n) is 2.24. The van der Waals surface area contributed by atoms with Gasteiger partial charge in [-0.3, -0.25) is 0 Å². The number of benzene rings is 1. The summed E-state index contributed by atoms with van der Waals surface area (Å²) in [5, 5.41) is 15.7. The topological polar surface area (TPSA) is 47.9 Å². The Balaban J connectivity index is 2.09. The highest BCUT2D eigenvalue weighted by molar-refractivity contribution is 5.31. The minimum absolute atomic E-state index is 0.0679. The van der Waals surface area contributed by atoms with E-state index in [1.54, 1.807) is 0 Å². The maximum Gasteiger partial charge on any atom is 0.0666 e. The Morgan fingerprint density at radius 2 is 2.35 bits per heavy atom. The van der Waals surface area contributed by atoms with Crippen LogP contribution in [0.5, 0.6) is 0 Å². The first kappa shape index (κ1) is 12.1. The third-order valence-electron chi connectivity index (χ3n) is 3.25. The Morgan fingerprint density at radius 3 is 3.18 bits per heavy atom. The van der Waals surface area contributed by atoms with E-state index in [4.69, 9.17) is 5.26 Å². The van der Waals surface area contributed by atoms with Crippen molar-refractivity contribution in [2.75, 3.05) is 13.1 Å². The minimum atomic E-state index is 0.0679. The van der Waals surface area contributed by atoms with Crippen LogP contribution in [-0.2, 0) is 6.54 Å². The van der Waals surface area contributed by atoms with Gasteiger partial charge in [-0.15, -0.1) is 0 Å². The standard InChI is InChI=1S/C14H19N3/c1-11(8-15)9-17-14-6-7-16-10-12-4-2-3-5-13(12)14/h2-5,11,14,16-17H,6-7,9-10H2,1H3. The smallest absolute Gasteiger partial charge is 0.0666 e. The van der Waals surface area contributed by atoms with E-state index in [-0.39, 0.29) is 5.92 Å². The summed E-state index contributed by atoms with van der Waals surface area (Å²) in [6.07, 6.45) is 1.08. The Kier molecular flexibility index (Phi) is 4.13. The fraction of sp³-hybridized carbons (Fsp3) is 0.500. The molecule has 2 N–H and O–H groups in total. The molecule has 90 valence electrons. The summed E-state index contributed by atoms with van der Waals surface area (Å²) >= 11 is 0. The van der Waals surface area contributed by atoms with Gasteiger partial charge in [0.25, 0.3) is 0 Å². The second-order valence-corrected chi connectivity index (χ2v) is 4.66. The number of hydrogen-bond donors (Lipinski definition) is 2. The molecule has 2 unspecified atom stereocenters. The fourth-order valence-corrected chi connectivity index (χ4v) is 2.24. The Labute approximate surface area is 103 Å². The van der Waals surface area contributed by atoms with Crippen molar-refractivity contribution in [1.82, 2.24) is 10.6 Å². The zero-order valence-electron chi connectivity index (χ0n) is 10.2. The molecule has 0 spiro atoms. The molecule has 0 radical (unpaired) electrons. The van der Waals surface area contributed by atoms with Gasteiger partial charge >= 0.3 is 0 Å². The van der Waals surface area contributed by atoms with Gasteiger partial charge in [-0.05, 0) is 31.0 Å². The first-order valence-corrected chi connectivity index (χ1v) is 6.23. The van der Waals surface area contributed by atoms with E-state index in [1.807, 2.05) is 6.92 Å². The van der Waals surface area contributed by atoms with Crippen molar-refractivity contribution in [2.24, 2.45) is 5.92 Å². The summed E-state index contributed by atoms with van der Waals surface area (Å²) in [5.41, 5.74) is 2.75. The van der Waals surface area contributed by atoms with Crippen LogP contribution >= 0.6 is 0 Å². The van der Waals surface area contributed by atoms with Crippen molar-refractivity contribution in [3.8, 4) is 6.07 Å². The molecular formula is C14H19N3. The predicted molar refractivity (Wildman–Crippen MR) is 68.3 cm³/mol. The molecule has 1 aromatic carbocycles. The van der Waals surface area contributed by atoms with E-state index >= 15 is 0 Å². The lowest BCUT2D eigenvalue weighted by atomic mass is 9.99. The normalized spacial score (nSPS) is 21.1. The van der Waals surface area contributed by atoms with Gasteiger partial charge in [0, 0.05) is 19.1 Å². The molecule has 0 aliphatic carbocycles. The van der Waals surface area contributed by atoms with Crippen molar-refractivity contribution in [2.45, 2.75) is 25.9 Å². The monoisotopic (exact) mass is 229 g/mol. The highest BCUT2D eigenvalue weighted by atomic mass is 14.9. The van der Waals surface area contributed by atoms with Crippen molar-refractivity contribution < 1.29 is 0 Å². The molecule has 0 amide bonds. The predicted octanol–water partition coefficient (Wildman–Crippen LogP) is 1.97. The number of hydrogen-bond acceptors (Lipinski definition) is 3. The zero-order valence-corrected chi connectivity index (χ0v) is 10.2. The summed E-state index contributed by atoms with van der Waals surface area (Å²) in [6.45, 7) is 4.68. The van der Waals surface area contributed by atoms with Gasteiger partial charge in [0.2, 0.25) is 0 Å². The van der Waals surface area contributed by atoms with Crippen LogP contribution < -0.4 is 10.6 Å². The quantitative estimate of drug-likeness (QED) is 0.833. The van der Waals surface area contributed by atoms with E-state index in [0.717, 1.165) is 26.1 Å². The van der Waals surface area contributed by atoms with Gasteiger partial charge in [-0.2, -0.15) is 5.26 Å². The molecule has 1 aliphatic heterocycles. The van der Waals surface area contributed by atoms with Crippen molar-refractivity contribution >= 4 is 0 Å². The molecule has 1 aliphatic rings. The summed E-state index contributed by atoms with van der Waals surface area (Å²) < 4.78 is 0. The lowest BCUT2D eigenvalue weighted by Gasteiger charge is -2.19. The molecule has 1 aromatic rings. The van der Waals surface area contributed by atoms with E-state index in [9.17, 15) is 0 Å². The van der Waals surface area contributed by atoms with E-state index in [2.05, 4.69) is 41.0 Å². The molecule has 3 heteroatoms. The van der Waals surface area contributed by atoms with Gasteiger partial charge in [0.15, 0.2) is 0 Å². The van der Waals surface area contributed by atoms with Crippen LogP contribution in [0.15, 0.2) is 24.3 Å². The highest BCUT2D eigenvalue weighted by Crippen LogP contribution is 2.23. The van der Waals surface area contributed by atoms with Crippen LogP contribution in [-0.4, -0.2) is 13.1 Å². The SMILES string of the molecule is CC(C#N)CNC1CCNCc2ccccc21. The van der Waals surface area contributed by atoms with Gasteiger partial charge in [0.1, 0.15) is 0 Å². The molecule has 0 fully saturated rings. The molecule has 17 heavy (non-hydrogen) atoms. The molecule has 0 saturated carbocycles. The maximum absolute atomic E-state index is 8.81. The zero-order chi connectivity index (χ0) is 12.1. The molecule has 3 nitrogen and oxygen atoms in total. The number of nitriles is 1. The average Bonchev–Trinajstić information content (AvgIpc) is 2.58. The van der Waals surface area contributed by atoms with Crippen LogP contribution in [0.25, 0.3) is 0 Å². The molecule has 0 saturated heterocycles. The first-order valence-electron chi connectivity index (χ1n) is 6.23. The third-order valence-corrected chi connectivity index (χ3v) is 3.25. The molecule has 2 rings (SSSR count). The lowest BCUT2D eigenvalue weighted by Crippen LogP contribution is -2.27. The van der Waals surface area contributed by atoms with E-state index in [1.165, 1.54) is 11.1 Å². The van der Waals surface area contributed by atoms with Crippen LogP contribution in [0.2, 0.25) is 0 Å². The van der Waals surface area contributed by atoms with Gasteiger partial charge in [-0.25, -0.2) is 0 Å². The summed E-state index contributed by atoms with van der Waals surface area (Å²) in [5.74, 6) is 0.0679. The first-order chi connectivity index (χ1) is 8.31. The second-order valence-electron chi connectivity index (χ2n) is 4.66. The van der Waals surface area contributed by atoms with Crippen LogP contribution in [0, 0.1) is 17.2 Å². The summed E-state index contributed by atoms with van der Waals surface area (Å²) in [6, 6.07) is 11.2. The van der Waals surface area contributed by atoms with Crippen molar-refractivity contribution in [3.63, 3.8) is 0 Å². The highest BCUT2D eigenvalue weighted by Gasteiger charge is 2.17. The lowest BCUT2D eigenvalue weighted by molar-refractivity contribution is 0.472. The van der Waals surface area contributed by atoms with Gasteiger partial charge in [-0.1, -0.05) is 24.3 Å². The van der Waals surface area contributed by atoms with Crippen molar-refractivity contribution in [1.29, 1.82) is 5.26 Å². The van der Waals surface area contributed by atoms with Crippen molar-refractivity contribution in [3.05, 3.63) is 35.4 Å². The molecule has 0 aromatic heterocycles. The molecule has 2 atom stereocenters. The Bertz CT molecular complexity index is 408. The Hall–Kier alpha value is -1.37. The summed E-state index contributed by atoms with van der Waals surface area (Å²) in [7, 11) is 0. The third kappa shape index (κ3) is 3.06. The number of fused-ring (bicyclic) bond motifs is 1. The minimum Gasteiger partial charge on any atom is -0.313 e. The molecule has 0 bridgehead atoms.